The van der Waals surface area contributed by atoms with E-state index in [1.54, 1.807) is 11.2 Å². The summed E-state index contributed by atoms with van der Waals surface area (Å²) in [4.78, 5) is 13.1. The van der Waals surface area contributed by atoms with Crippen LogP contribution in [0.5, 0.6) is 0 Å². The summed E-state index contributed by atoms with van der Waals surface area (Å²) in [6, 6.07) is 8.56. The smallest absolute Gasteiger partial charge is 0.163 e. The van der Waals surface area contributed by atoms with Gasteiger partial charge in [-0.05, 0) is 25.0 Å². The van der Waals surface area contributed by atoms with Crippen LogP contribution in [0.25, 0.3) is 11.0 Å². The molecule has 2 aromatic heterocycles. The largest absolute Gasteiger partial charge is 0.345 e. The Morgan fingerprint density at radius 3 is 2.59 bits per heavy atom. The summed E-state index contributed by atoms with van der Waals surface area (Å²) >= 11 is 0. The maximum absolute atomic E-state index is 4.59. The SMILES string of the molecule is C=C(C)C[NH+]1CCN(c2ncnc3c2cnn3Cc2ccc(C)cc2)CC1. The Morgan fingerprint density at radius 1 is 1.15 bits per heavy atom. The molecule has 1 N–H and O–H groups in total. The van der Waals surface area contributed by atoms with Crippen LogP contribution in [-0.2, 0) is 6.54 Å². The average molecular weight is 363 g/mol. The zero-order chi connectivity index (χ0) is 18.8. The number of fused-ring (bicyclic) bond motifs is 1. The van der Waals surface area contributed by atoms with E-state index < -0.39 is 0 Å². The molecule has 0 unspecified atom stereocenters. The number of aryl methyl sites for hydroxylation is 1. The van der Waals surface area contributed by atoms with Gasteiger partial charge in [0.25, 0.3) is 0 Å². The summed E-state index contributed by atoms with van der Waals surface area (Å²) in [7, 11) is 0. The van der Waals surface area contributed by atoms with E-state index in [2.05, 4.69) is 64.7 Å². The molecule has 4 rings (SSSR count). The van der Waals surface area contributed by atoms with Crippen LogP contribution >= 0.6 is 0 Å². The molecule has 1 aliphatic rings. The third-order valence-corrected chi connectivity index (χ3v) is 5.19. The Bertz CT molecular complexity index is 935. The maximum Gasteiger partial charge on any atom is 0.163 e. The zero-order valence-corrected chi connectivity index (χ0v) is 16.1. The van der Waals surface area contributed by atoms with E-state index in [9.17, 15) is 0 Å². The van der Waals surface area contributed by atoms with Crippen molar-refractivity contribution in [2.24, 2.45) is 0 Å². The second-order valence-corrected chi connectivity index (χ2v) is 7.59. The normalized spacial score (nSPS) is 15.4. The highest BCUT2D eigenvalue weighted by Crippen LogP contribution is 2.23. The van der Waals surface area contributed by atoms with Gasteiger partial charge in [-0.1, -0.05) is 36.4 Å². The van der Waals surface area contributed by atoms with Crippen LogP contribution in [0.4, 0.5) is 5.82 Å². The van der Waals surface area contributed by atoms with Crippen LogP contribution in [0.2, 0.25) is 0 Å². The number of aromatic nitrogens is 4. The van der Waals surface area contributed by atoms with E-state index in [1.807, 2.05) is 10.9 Å². The van der Waals surface area contributed by atoms with Crippen LogP contribution in [0.15, 0.2) is 48.9 Å². The van der Waals surface area contributed by atoms with E-state index in [4.69, 9.17) is 0 Å². The minimum Gasteiger partial charge on any atom is -0.345 e. The molecule has 27 heavy (non-hydrogen) atoms. The monoisotopic (exact) mass is 363 g/mol. The fraction of sp³-hybridized carbons (Fsp3) is 0.381. The van der Waals surface area contributed by atoms with Gasteiger partial charge in [0.15, 0.2) is 5.65 Å². The number of hydrogen-bond donors (Lipinski definition) is 1. The van der Waals surface area contributed by atoms with E-state index >= 15 is 0 Å². The lowest BCUT2D eigenvalue weighted by Crippen LogP contribution is -3.15. The fourth-order valence-corrected chi connectivity index (χ4v) is 3.75. The molecule has 6 heteroatoms. The predicted octanol–water partition coefficient (Wildman–Crippen LogP) is 1.46. The van der Waals surface area contributed by atoms with E-state index in [0.717, 1.165) is 56.1 Å². The molecule has 3 heterocycles. The van der Waals surface area contributed by atoms with Crippen molar-refractivity contribution >= 4 is 16.9 Å². The standard InChI is InChI=1S/C21H26N6/c1-16(2)13-25-8-10-26(11-9-25)20-19-12-24-27(21(19)23-15-22-20)14-18-6-4-17(3)5-7-18/h4-7,12,15H,1,8-11,13-14H2,2-3H3/p+1. The molecule has 0 amide bonds. The van der Waals surface area contributed by atoms with Crippen LogP contribution < -0.4 is 9.80 Å². The molecule has 140 valence electrons. The lowest BCUT2D eigenvalue weighted by Gasteiger charge is -2.33. The lowest BCUT2D eigenvalue weighted by atomic mass is 10.1. The Morgan fingerprint density at radius 2 is 1.89 bits per heavy atom. The van der Waals surface area contributed by atoms with Crippen LogP contribution in [0.1, 0.15) is 18.1 Å². The third-order valence-electron chi connectivity index (χ3n) is 5.19. The zero-order valence-electron chi connectivity index (χ0n) is 16.1. The van der Waals surface area contributed by atoms with Gasteiger partial charge in [-0.3, -0.25) is 0 Å². The minimum atomic E-state index is 0.719. The highest BCUT2D eigenvalue weighted by Gasteiger charge is 2.23. The van der Waals surface area contributed by atoms with Crippen LogP contribution in [0, 0.1) is 6.92 Å². The molecule has 0 spiro atoms. The molecule has 0 saturated carbocycles. The van der Waals surface area contributed by atoms with Gasteiger partial charge in [0.1, 0.15) is 12.1 Å². The van der Waals surface area contributed by atoms with E-state index in [1.165, 1.54) is 16.7 Å². The first-order chi connectivity index (χ1) is 13.1. The van der Waals surface area contributed by atoms with Gasteiger partial charge < -0.3 is 9.80 Å². The summed E-state index contributed by atoms with van der Waals surface area (Å²) in [5, 5.41) is 5.63. The Labute approximate surface area is 160 Å². The first kappa shape index (κ1) is 17.7. The molecule has 6 nitrogen and oxygen atoms in total. The highest BCUT2D eigenvalue weighted by molar-refractivity contribution is 5.86. The first-order valence-electron chi connectivity index (χ1n) is 9.55. The maximum atomic E-state index is 4.59. The van der Waals surface area contributed by atoms with Crippen molar-refractivity contribution in [3.05, 3.63) is 60.1 Å². The van der Waals surface area contributed by atoms with Gasteiger partial charge in [-0.15, -0.1) is 0 Å². The minimum absolute atomic E-state index is 0.719. The van der Waals surface area contributed by atoms with Gasteiger partial charge in [0.2, 0.25) is 0 Å². The second kappa shape index (κ2) is 7.48. The van der Waals surface area contributed by atoms with Crippen molar-refractivity contribution in [3.63, 3.8) is 0 Å². The predicted molar refractivity (Wildman–Crippen MR) is 108 cm³/mol. The third kappa shape index (κ3) is 3.85. The molecule has 1 fully saturated rings. The van der Waals surface area contributed by atoms with E-state index in [-0.39, 0.29) is 0 Å². The summed E-state index contributed by atoms with van der Waals surface area (Å²) < 4.78 is 1.97. The number of benzene rings is 1. The van der Waals surface area contributed by atoms with Crippen molar-refractivity contribution in [3.8, 4) is 0 Å². The van der Waals surface area contributed by atoms with Gasteiger partial charge in [0, 0.05) is 0 Å². The summed E-state index contributed by atoms with van der Waals surface area (Å²) in [6.45, 7) is 14.2. The molecule has 1 aliphatic heterocycles. The number of hydrogen-bond acceptors (Lipinski definition) is 4. The number of rotatable bonds is 5. The quantitative estimate of drug-likeness (QED) is 0.698. The van der Waals surface area contributed by atoms with Crippen molar-refractivity contribution < 1.29 is 4.90 Å². The molecule has 3 aromatic rings. The average Bonchev–Trinajstić information content (AvgIpc) is 3.07. The van der Waals surface area contributed by atoms with Crippen molar-refractivity contribution in [1.82, 2.24) is 19.7 Å². The Balaban J connectivity index is 1.54. The molecule has 0 bridgehead atoms. The molecule has 0 radical (unpaired) electrons. The van der Waals surface area contributed by atoms with Crippen molar-refractivity contribution in [2.45, 2.75) is 20.4 Å². The van der Waals surface area contributed by atoms with E-state index in [0.29, 0.717) is 0 Å². The van der Waals surface area contributed by atoms with Gasteiger partial charge in [-0.2, -0.15) is 5.10 Å². The lowest BCUT2D eigenvalue weighted by molar-refractivity contribution is -0.895. The molecule has 1 aromatic carbocycles. The number of anilines is 1. The van der Waals surface area contributed by atoms with Gasteiger partial charge in [0.05, 0.1) is 50.9 Å². The molecular weight excluding hydrogens is 336 g/mol. The summed E-state index contributed by atoms with van der Waals surface area (Å²) in [5.74, 6) is 1.00. The number of nitrogens with one attached hydrogen (secondary N) is 1. The fourth-order valence-electron chi connectivity index (χ4n) is 3.75. The highest BCUT2D eigenvalue weighted by atomic mass is 15.3. The second-order valence-electron chi connectivity index (χ2n) is 7.59. The molecule has 1 saturated heterocycles. The van der Waals surface area contributed by atoms with Crippen molar-refractivity contribution in [1.29, 1.82) is 0 Å². The number of piperazine rings is 1. The Kier molecular flexibility index (Phi) is 4.90. The summed E-state index contributed by atoms with van der Waals surface area (Å²) in [5.41, 5.74) is 4.64. The van der Waals surface area contributed by atoms with Gasteiger partial charge >= 0.3 is 0 Å². The van der Waals surface area contributed by atoms with Gasteiger partial charge in [-0.25, -0.2) is 14.6 Å². The topological polar surface area (TPSA) is 51.3 Å². The Hall–Kier alpha value is -2.73. The number of nitrogens with zero attached hydrogens (tertiary/aromatic N) is 5. The van der Waals surface area contributed by atoms with Crippen LogP contribution in [0.3, 0.4) is 0 Å². The first-order valence-corrected chi connectivity index (χ1v) is 9.55. The van der Waals surface area contributed by atoms with Crippen LogP contribution in [-0.4, -0.2) is 52.5 Å². The molecule has 0 atom stereocenters. The molecular formula is C21H27N6+. The van der Waals surface area contributed by atoms with Crippen molar-refractivity contribution in [2.75, 3.05) is 37.6 Å². The number of quaternary nitrogens is 1. The summed E-state index contributed by atoms with van der Waals surface area (Å²) in [6.07, 6.45) is 3.57. The molecule has 0 aliphatic carbocycles.